The summed E-state index contributed by atoms with van der Waals surface area (Å²) in [7, 11) is 0. The Bertz CT molecular complexity index is 179. The second-order valence-electron chi connectivity index (χ2n) is 4.95. The van der Waals surface area contributed by atoms with E-state index in [1.807, 2.05) is 13.8 Å². The van der Waals surface area contributed by atoms with Gasteiger partial charge in [0, 0.05) is 25.7 Å². The molecule has 0 saturated carbocycles. The number of carbonyl (C=O) groups excluding carboxylic acids is 1. The van der Waals surface area contributed by atoms with Crippen molar-refractivity contribution in [2.24, 2.45) is 11.8 Å². The van der Waals surface area contributed by atoms with Crippen molar-refractivity contribution >= 4 is 5.91 Å². The van der Waals surface area contributed by atoms with Crippen molar-refractivity contribution in [3.63, 3.8) is 0 Å². The van der Waals surface area contributed by atoms with Gasteiger partial charge in [-0.1, -0.05) is 27.7 Å². The van der Waals surface area contributed by atoms with Gasteiger partial charge in [-0.3, -0.25) is 4.79 Å². The summed E-state index contributed by atoms with van der Waals surface area (Å²) in [5, 5.41) is 2.87. The van der Waals surface area contributed by atoms with Crippen LogP contribution in [-0.4, -0.2) is 25.7 Å². The van der Waals surface area contributed by atoms with Crippen molar-refractivity contribution in [1.82, 2.24) is 5.32 Å². The minimum Gasteiger partial charge on any atom is -0.381 e. The highest BCUT2D eigenvalue weighted by Crippen LogP contribution is 2.03. The van der Waals surface area contributed by atoms with Crippen LogP contribution in [0.5, 0.6) is 0 Å². The SMILES string of the molecule is CC(C)CCCOCCCNC(=O)C(C)C. The number of rotatable bonds is 9. The van der Waals surface area contributed by atoms with Gasteiger partial charge in [0.05, 0.1) is 0 Å². The number of hydrogen-bond acceptors (Lipinski definition) is 2. The maximum Gasteiger partial charge on any atom is 0.222 e. The zero-order valence-corrected chi connectivity index (χ0v) is 11.2. The zero-order chi connectivity index (χ0) is 12.4. The summed E-state index contributed by atoms with van der Waals surface area (Å²) in [4.78, 5) is 11.2. The van der Waals surface area contributed by atoms with Crippen LogP contribution in [0.2, 0.25) is 0 Å². The first kappa shape index (κ1) is 15.4. The second-order valence-corrected chi connectivity index (χ2v) is 4.95. The lowest BCUT2D eigenvalue weighted by atomic mass is 10.1. The standard InChI is InChI=1S/C13H27NO2/c1-11(2)7-5-9-16-10-6-8-14-13(15)12(3)4/h11-12H,5-10H2,1-4H3,(H,14,15). The molecular formula is C13H27NO2. The van der Waals surface area contributed by atoms with Crippen molar-refractivity contribution in [2.45, 2.75) is 47.0 Å². The van der Waals surface area contributed by atoms with Crippen molar-refractivity contribution < 1.29 is 9.53 Å². The fourth-order valence-corrected chi connectivity index (χ4v) is 1.29. The molecule has 0 saturated heterocycles. The lowest BCUT2D eigenvalue weighted by molar-refractivity contribution is -0.124. The Morgan fingerprint density at radius 1 is 1.12 bits per heavy atom. The summed E-state index contributed by atoms with van der Waals surface area (Å²) >= 11 is 0. The molecule has 0 aromatic rings. The molecule has 16 heavy (non-hydrogen) atoms. The first-order valence-corrected chi connectivity index (χ1v) is 6.39. The third-order valence-corrected chi connectivity index (χ3v) is 2.36. The monoisotopic (exact) mass is 229 g/mol. The van der Waals surface area contributed by atoms with E-state index in [0.29, 0.717) is 0 Å². The van der Waals surface area contributed by atoms with Crippen LogP contribution in [0.4, 0.5) is 0 Å². The van der Waals surface area contributed by atoms with E-state index in [2.05, 4.69) is 19.2 Å². The minimum absolute atomic E-state index is 0.0759. The second kappa shape index (κ2) is 9.64. The summed E-state index contributed by atoms with van der Waals surface area (Å²) in [5.41, 5.74) is 0. The molecule has 0 bridgehead atoms. The number of carbonyl (C=O) groups is 1. The first-order valence-electron chi connectivity index (χ1n) is 6.39. The Balaban J connectivity index is 3.13. The number of ether oxygens (including phenoxy) is 1. The summed E-state index contributed by atoms with van der Waals surface area (Å²) in [5.74, 6) is 0.959. The van der Waals surface area contributed by atoms with E-state index >= 15 is 0 Å². The molecule has 0 fully saturated rings. The van der Waals surface area contributed by atoms with Crippen LogP contribution < -0.4 is 5.32 Å². The smallest absolute Gasteiger partial charge is 0.222 e. The van der Waals surface area contributed by atoms with Gasteiger partial charge < -0.3 is 10.1 Å². The zero-order valence-electron chi connectivity index (χ0n) is 11.2. The van der Waals surface area contributed by atoms with E-state index in [0.717, 1.165) is 38.5 Å². The molecule has 0 atom stereocenters. The number of nitrogens with one attached hydrogen (secondary N) is 1. The van der Waals surface area contributed by atoms with Crippen LogP contribution in [0.1, 0.15) is 47.0 Å². The van der Waals surface area contributed by atoms with Gasteiger partial charge >= 0.3 is 0 Å². The summed E-state index contributed by atoms with van der Waals surface area (Å²) < 4.78 is 5.48. The molecule has 0 unspecified atom stereocenters. The molecule has 0 heterocycles. The largest absolute Gasteiger partial charge is 0.381 e. The van der Waals surface area contributed by atoms with Crippen LogP contribution in [0, 0.1) is 11.8 Å². The molecule has 0 aromatic heterocycles. The topological polar surface area (TPSA) is 38.3 Å². The van der Waals surface area contributed by atoms with Crippen molar-refractivity contribution in [3.8, 4) is 0 Å². The normalized spacial score (nSPS) is 11.1. The Morgan fingerprint density at radius 3 is 2.31 bits per heavy atom. The Hall–Kier alpha value is -0.570. The fourth-order valence-electron chi connectivity index (χ4n) is 1.29. The maximum atomic E-state index is 11.2. The fraction of sp³-hybridized carbons (Fsp3) is 0.923. The van der Waals surface area contributed by atoms with E-state index in [9.17, 15) is 4.79 Å². The predicted octanol–water partition coefficient (Wildman–Crippen LogP) is 2.60. The molecule has 1 amide bonds. The Labute approximate surface area is 99.9 Å². The van der Waals surface area contributed by atoms with Gasteiger partial charge in [0.15, 0.2) is 0 Å². The molecular weight excluding hydrogens is 202 g/mol. The average molecular weight is 229 g/mol. The molecule has 0 radical (unpaired) electrons. The van der Waals surface area contributed by atoms with Crippen LogP contribution in [0.25, 0.3) is 0 Å². The molecule has 3 nitrogen and oxygen atoms in total. The van der Waals surface area contributed by atoms with E-state index in [1.54, 1.807) is 0 Å². The molecule has 0 aliphatic carbocycles. The van der Waals surface area contributed by atoms with Gasteiger partial charge in [-0.25, -0.2) is 0 Å². The van der Waals surface area contributed by atoms with Gasteiger partial charge in [-0.05, 0) is 25.2 Å². The lowest BCUT2D eigenvalue weighted by Gasteiger charge is -2.08. The molecule has 96 valence electrons. The Morgan fingerprint density at radius 2 is 1.75 bits per heavy atom. The van der Waals surface area contributed by atoms with Gasteiger partial charge in [0.1, 0.15) is 0 Å². The van der Waals surface area contributed by atoms with Crippen LogP contribution >= 0.6 is 0 Å². The van der Waals surface area contributed by atoms with Gasteiger partial charge in [-0.15, -0.1) is 0 Å². The number of hydrogen-bond donors (Lipinski definition) is 1. The predicted molar refractivity (Wildman–Crippen MR) is 67.4 cm³/mol. The van der Waals surface area contributed by atoms with E-state index in [-0.39, 0.29) is 11.8 Å². The van der Waals surface area contributed by atoms with Crippen LogP contribution in [0.3, 0.4) is 0 Å². The van der Waals surface area contributed by atoms with Crippen LogP contribution in [0.15, 0.2) is 0 Å². The number of amides is 1. The van der Waals surface area contributed by atoms with E-state index in [4.69, 9.17) is 4.74 Å². The van der Waals surface area contributed by atoms with Gasteiger partial charge in [0.25, 0.3) is 0 Å². The Kier molecular flexibility index (Phi) is 9.30. The first-order chi connectivity index (χ1) is 7.54. The molecule has 0 aromatic carbocycles. The highest BCUT2D eigenvalue weighted by atomic mass is 16.5. The summed E-state index contributed by atoms with van der Waals surface area (Å²) in [6.45, 7) is 10.6. The van der Waals surface area contributed by atoms with Crippen molar-refractivity contribution in [1.29, 1.82) is 0 Å². The van der Waals surface area contributed by atoms with Crippen molar-refractivity contribution in [2.75, 3.05) is 19.8 Å². The van der Waals surface area contributed by atoms with Gasteiger partial charge in [0.2, 0.25) is 5.91 Å². The lowest BCUT2D eigenvalue weighted by Crippen LogP contribution is -2.29. The maximum absolute atomic E-state index is 11.2. The van der Waals surface area contributed by atoms with Crippen molar-refractivity contribution in [3.05, 3.63) is 0 Å². The summed E-state index contributed by atoms with van der Waals surface area (Å²) in [6, 6.07) is 0. The molecule has 0 aliphatic heterocycles. The van der Waals surface area contributed by atoms with Crippen LogP contribution in [-0.2, 0) is 9.53 Å². The molecule has 3 heteroatoms. The third-order valence-electron chi connectivity index (χ3n) is 2.36. The average Bonchev–Trinajstić information content (AvgIpc) is 2.21. The third kappa shape index (κ3) is 9.97. The molecule has 0 spiro atoms. The molecule has 0 rings (SSSR count). The molecule has 0 aliphatic rings. The highest BCUT2D eigenvalue weighted by Gasteiger charge is 2.04. The quantitative estimate of drug-likeness (QED) is 0.617. The summed E-state index contributed by atoms with van der Waals surface area (Å²) in [6.07, 6.45) is 3.26. The van der Waals surface area contributed by atoms with E-state index < -0.39 is 0 Å². The van der Waals surface area contributed by atoms with E-state index in [1.165, 1.54) is 6.42 Å². The minimum atomic E-state index is 0.0759. The molecule has 1 N–H and O–H groups in total. The highest BCUT2D eigenvalue weighted by molar-refractivity contribution is 5.77. The van der Waals surface area contributed by atoms with Gasteiger partial charge in [-0.2, -0.15) is 0 Å².